The van der Waals surface area contributed by atoms with Crippen molar-refractivity contribution in [1.82, 2.24) is 20.1 Å². The molecule has 1 saturated heterocycles. The number of hydrogen-bond acceptors (Lipinski definition) is 8. The van der Waals surface area contributed by atoms with Crippen LogP contribution >= 0.6 is 11.3 Å². The summed E-state index contributed by atoms with van der Waals surface area (Å²) in [4.78, 5) is 43.0. The van der Waals surface area contributed by atoms with Crippen molar-refractivity contribution >= 4 is 45.8 Å². The maximum absolute atomic E-state index is 15.1. The fraction of sp³-hybridized carbons (Fsp3) is 0.444. The van der Waals surface area contributed by atoms with Crippen molar-refractivity contribution < 1.29 is 45.5 Å². The monoisotopic (exact) mass is 661 g/mol. The third-order valence-electron chi connectivity index (χ3n) is 6.44. The van der Waals surface area contributed by atoms with E-state index in [1.807, 2.05) is 0 Å². The van der Waals surface area contributed by atoms with Crippen molar-refractivity contribution in [1.29, 1.82) is 0 Å². The summed E-state index contributed by atoms with van der Waals surface area (Å²) in [6.07, 6.45) is -6.69. The van der Waals surface area contributed by atoms with Gasteiger partial charge in [0.2, 0.25) is 0 Å². The molecule has 1 fully saturated rings. The van der Waals surface area contributed by atoms with E-state index in [1.165, 1.54) is 22.8 Å². The van der Waals surface area contributed by atoms with E-state index < -0.39 is 71.3 Å². The lowest BCUT2D eigenvalue weighted by Crippen LogP contribution is -2.48. The first-order valence-electron chi connectivity index (χ1n) is 13.5. The zero-order chi connectivity index (χ0) is 33.3. The second-order valence-corrected chi connectivity index (χ2v) is 12.1. The van der Waals surface area contributed by atoms with Crippen LogP contribution < -0.4 is 20.9 Å². The molecule has 3 heterocycles. The standard InChI is InChI=1S/C27H29F6N7O4S/c1-26(2,3)44-25(43)38-22-19(37-21(45-22)18-13(28)7-5-8-14(18)29)20(41)35-17-11-34-39(4)23(17)40-10-6-9-16(15(30)12-40)36-24(42)27(31,32)33/h5,7-8,11,15-16H,6,9-10,12H2,1-4H3,(H,35,41)(H,36,42)(H,38,43). The summed E-state index contributed by atoms with van der Waals surface area (Å²) >= 11 is 0.622. The molecule has 0 radical (unpaired) electrons. The quantitative estimate of drug-likeness (QED) is 0.302. The molecule has 0 saturated carbocycles. The predicted molar refractivity (Wildman–Crippen MR) is 153 cm³/mol. The van der Waals surface area contributed by atoms with E-state index in [0.29, 0.717) is 11.3 Å². The molecule has 2 unspecified atom stereocenters. The van der Waals surface area contributed by atoms with Gasteiger partial charge in [-0.05, 0) is 45.7 Å². The lowest BCUT2D eigenvalue weighted by atomic mass is 10.1. The maximum atomic E-state index is 15.1. The maximum Gasteiger partial charge on any atom is 0.471 e. The van der Waals surface area contributed by atoms with Crippen LogP contribution in [0.25, 0.3) is 10.6 Å². The number of rotatable bonds is 6. The molecular formula is C27H29F6N7O4S. The number of hydrogen-bond donors (Lipinski definition) is 3. The number of ether oxygens (including phenoxy) is 1. The summed E-state index contributed by atoms with van der Waals surface area (Å²) in [5.41, 5.74) is -1.82. The average molecular weight is 662 g/mol. The van der Waals surface area contributed by atoms with E-state index in [9.17, 15) is 36.3 Å². The fourth-order valence-corrected chi connectivity index (χ4v) is 5.55. The SMILES string of the molecule is Cn1ncc(NC(=O)c2nc(-c3c(F)cccc3F)sc2NC(=O)OC(C)(C)C)c1N1CCCC(NC(=O)C(F)(F)F)C(F)C1. The number of anilines is 3. The Morgan fingerprint density at radius 1 is 1.09 bits per heavy atom. The lowest BCUT2D eigenvalue weighted by Gasteiger charge is -2.26. The van der Waals surface area contributed by atoms with Crippen molar-refractivity contribution in [3.63, 3.8) is 0 Å². The minimum atomic E-state index is -5.17. The number of carbonyl (C=O) groups is 3. The van der Waals surface area contributed by atoms with E-state index >= 15 is 4.39 Å². The number of nitrogens with zero attached hydrogens (tertiary/aromatic N) is 4. The molecule has 2 aromatic heterocycles. The van der Waals surface area contributed by atoms with Crippen molar-refractivity contribution in [2.24, 2.45) is 7.05 Å². The van der Waals surface area contributed by atoms with E-state index in [1.54, 1.807) is 26.1 Å². The second kappa shape index (κ2) is 12.9. The largest absolute Gasteiger partial charge is 0.471 e. The minimum Gasteiger partial charge on any atom is -0.444 e. The summed E-state index contributed by atoms with van der Waals surface area (Å²) in [5, 5.41) is 10.3. The number of thiazole rings is 1. The van der Waals surface area contributed by atoms with Gasteiger partial charge in [-0.2, -0.15) is 18.3 Å². The third-order valence-corrected chi connectivity index (χ3v) is 7.43. The lowest BCUT2D eigenvalue weighted by molar-refractivity contribution is -0.174. The Hall–Kier alpha value is -4.35. The number of nitrogens with one attached hydrogen (secondary N) is 3. The Morgan fingerprint density at radius 2 is 1.76 bits per heavy atom. The van der Waals surface area contributed by atoms with Crippen LogP contribution in [0.5, 0.6) is 0 Å². The van der Waals surface area contributed by atoms with E-state index in [-0.39, 0.29) is 40.9 Å². The van der Waals surface area contributed by atoms with Crippen LogP contribution in [0.1, 0.15) is 44.1 Å². The van der Waals surface area contributed by atoms with Gasteiger partial charge in [0, 0.05) is 13.6 Å². The highest BCUT2D eigenvalue weighted by Crippen LogP contribution is 2.36. The van der Waals surface area contributed by atoms with Gasteiger partial charge in [-0.3, -0.25) is 19.6 Å². The highest BCUT2D eigenvalue weighted by Gasteiger charge is 2.42. The van der Waals surface area contributed by atoms with Crippen molar-refractivity contribution in [3.05, 3.63) is 41.7 Å². The topological polar surface area (TPSA) is 130 Å². The highest BCUT2D eigenvalue weighted by atomic mass is 32.1. The molecule has 3 aromatic rings. The normalized spacial score (nSPS) is 17.4. The molecule has 2 atom stereocenters. The molecule has 0 aliphatic carbocycles. The van der Waals surface area contributed by atoms with Gasteiger partial charge in [0.15, 0.2) is 11.5 Å². The minimum absolute atomic E-state index is 0.0438. The molecule has 4 rings (SSSR count). The summed E-state index contributed by atoms with van der Waals surface area (Å²) < 4.78 is 89.1. The molecule has 244 valence electrons. The Labute approximate surface area is 256 Å². The Bertz CT molecular complexity index is 1570. The molecule has 1 aliphatic heterocycles. The molecule has 18 heteroatoms. The van der Waals surface area contributed by atoms with Gasteiger partial charge in [0.1, 0.15) is 39.1 Å². The van der Waals surface area contributed by atoms with E-state index in [2.05, 4.69) is 20.7 Å². The van der Waals surface area contributed by atoms with Crippen LogP contribution in [-0.4, -0.2) is 69.8 Å². The summed E-state index contributed by atoms with van der Waals surface area (Å²) in [5.74, 6) is -4.91. The zero-order valence-corrected chi connectivity index (χ0v) is 25.2. The molecular weight excluding hydrogens is 632 g/mol. The summed E-state index contributed by atoms with van der Waals surface area (Å²) in [6, 6.07) is 1.75. The fourth-order valence-electron chi connectivity index (χ4n) is 4.56. The molecule has 0 spiro atoms. The first-order chi connectivity index (χ1) is 20.9. The predicted octanol–water partition coefficient (Wildman–Crippen LogP) is 5.41. The van der Waals surface area contributed by atoms with Gasteiger partial charge in [-0.25, -0.2) is 22.9 Å². The number of amides is 3. The van der Waals surface area contributed by atoms with Gasteiger partial charge in [-0.15, -0.1) is 0 Å². The highest BCUT2D eigenvalue weighted by molar-refractivity contribution is 7.19. The Balaban J connectivity index is 1.62. The van der Waals surface area contributed by atoms with Gasteiger partial charge in [-0.1, -0.05) is 17.4 Å². The number of carbonyl (C=O) groups excluding carboxylic acids is 3. The summed E-state index contributed by atoms with van der Waals surface area (Å²) in [7, 11) is 1.49. The first-order valence-corrected chi connectivity index (χ1v) is 14.3. The number of benzene rings is 1. The van der Waals surface area contributed by atoms with Crippen LogP contribution in [0, 0.1) is 11.6 Å². The molecule has 1 aliphatic rings. The van der Waals surface area contributed by atoms with E-state index in [4.69, 9.17) is 4.74 Å². The number of halogens is 6. The second-order valence-electron chi connectivity index (χ2n) is 11.1. The average Bonchev–Trinajstić information content (AvgIpc) is 3.42. The third kappa shape index (κ3) is 8.03. The number of aryl methyl sites for hydroxylation is 1. The van der Waals surface area contributed by atoms with Crippen molar-refractivity contribution in [2.45, 2.75) is 57.6 Å². The number of aromatic nitrogens is 3. The number of alkyl halides is 4. The van der Waals surface area contributed by atoms with Gasteiger partial charge >= 0.3 is 18.2 Å². The van der Waals surface area contributed by atoms with E-state index in [0.717, 1.165) is 18.2 Å². The van der Waals surface area contributed by atoms with Gasteiger partial charge in [0.25, 0.3) is 5.91 Å². The summed E-state index contributed by atoms with van der Waals surface area (Å²) in [6.45, 7) is 4.51. The van der Waals surface area contributed by atoms with Crippen LogP contribution in [0.2, 0.25) is 0 Å². The van der Waals surface area contributed by atoms with Crippen molar-refractivity contribution in [2.75, 3.05) is 28.6 Å². The molecule has 1 aromatic carbocycles. The van der Waals surface area contributed by atoms with Crippen molar-refractivity contribution in [3.8, 4) is 10.6 Å². The molecule has 3 N–H and O–H groups in total. The van der Waals surface area contributed by atoms with Crippen LogP contribution in [0.4, 0.5) is 47.6 Å². The Morgan fingerprint density at radius 3 is 2.38 bits per heavy atom. The Kier molecular flexibility index (Phi) is 9.65. The van der Waals surface area contributed by atoms with Gasteiger partial charge in [0.05, 0.1) is 24.3 Å². The van der Waals surface area contributed by atoms with Crippen LogP contribution in [0.15, 0.2) is 24.4 Å². The van der Waals surface area contributed by atoms with Crippen LogP contribution in [0.3, 0.4) is 0 Å². The molecule has 45 heavy (non-hydrogen) atoms. The molecule has 3 amide bonds. The first kappa shape index (κ1) is 33.5. The molecule has 11 nitrogen and oxygen atoms in total. The van der Waals surface area contributed by atoms with Crippen LogP contribution in [-0.2, 0) is 16.6 Å². The smallest absolute Gasteiger partial charge is 0.444 e. The molecule has 0 bridgehead atoms. The zero-order valence-electron chi connectivity index (χ0n) is 24.4. The van der Waals surface area contributed by atoms with Gasteiger partial charge < -0.3 is 20.3 Å².